The van der Waals surface area contributed by atoms with E-state index in [4.69, 9.17) is 16.6 Å². The van der Waals surface area contributed by atoms with Crippen LogP contribution >= 0.6 is 12.2 Å². The third kappa shape index (κ3) is 1.54. The maximum absolute atomic E-state index is 5.57. The predicted molar refractivity (Wildman–Crippen MR) is 59.0 cm³/mol. The number of nitrogens with one attached hydrogen (secondary N) is 1. The molecule has 0 saturated carbocycles. The highest BCUT2D eigenvalue weighted by Gasteiger charge is 2.40. The molecule has 0 saturated heterocycles. The second kappa shape index (κ2) is 2.72. The maximum Gasteiger partial charge on any atom is 0.266 e. The lowest BCUT2D eigenvalue weighted by Crippen LogP contribution is -2.34. The fourth-order valence-electron chi connectivity index (χ4n) is 2.85. The number of rotatable bonds is 0. The molecular weight excluding hydrogens is 194 g/mol. The van der Waals surface area contributed by atoms with Gasteiger partial charge in [-0.2, -0.15) is 0 Å². The number of fused-ring (bicyclic) bond motifs is 1. The maximum atomic E-state index is 5.57. The monoisotopic (exact) mass is 211 g/mol. The average Bonchev–Trinajstić information content (AvgIpc) is 2.25. The fourth-order valence-corrected chi connectivity index (χ4v) is 3.06. The van der Waals surface area contributed by atoms with Gasteiger partial charge in [-0.1, -0.05) is 27.7 Å². The topological polar surface area (TPSA) is 28.9 Å². The van der Waals surface area contributed by atoms with E-state index in [0.717, 1.165) is 18.6 Å². The van der Waals surface area contributed by atoms with Crippen molar-refractivity contribution in [1.82, 2.24) is 4.98 Å². The van der Waals surface area contributed by atoms with Crippen LogP contribution in [-0.2, 0) is 11.8 Å². The Labute approximate surface area is 89.7 Å². The van der Waals surface area contributed by atoms with E-state index in [9.17, 15) is 0 Å². The first-order chi connectivity index (χ1) is 6.30. The molecule has 0 fully saturated rings. The molecule has 0 atom stereocenters. The minimum Gasteiger partial charge on any atom is -0.434 e. The number of hydrogen-bond donors (Lipinski definition) is 1. The second-order valence-corrected chi connectivity index (χ2v) is 6.09. The van der Waals surface area contributed by atoms with Crippen LogP contribution in [0.4, 0.5) is 0 Å². The van der Waals surface area contributed by atoms with E-state index in [2.05, 4.69) is 32.7 Å². The molecule has 2 nitrogen and oxygen atoms in total. The third-order valence-corrected chi connectivity index (χ3v) is 3.10. The molecule has 14 heavy (non-hydrogen) atoms. The largest absolute Gasteiger partial charge is 0.434 e. The van der Waals surface area contributed by atoms with Crippen molar-refractivity contribution in [3.63, 3.8) is 0 Å². The van der Waals surface area contributed by atoms with Gasteiger partial charge in [-0.3, -0.25) is 0 Å². The van der Waals surface area contributed by atoms with Crippen LogP contribution in [-0.4, -0.2) is 4.98 Å². The van der Waals surface area contributed by atoms with Crippen molar-refractivity contribution in [3.8, 4) is 0 Å². The summed E-state index contributed by atoms with van der Waals surface area (Å²) in [5, 5.41) is 0. The highest BCUT2D eigenvalue weighted by molar-refractivity contribution is 7.71. The zero-order valence-corrected chi connectivity index (χ0v) is 10.0. The zero-order chi connectivity index (χ0) is 10.6. The van der Waals surface area contributed by atoms with Crippen molar-refractivity contribution >= 4 is 12.2 Å². The Morgan fingerprint density at radius 1 is 1.29 bits per heavy atom. The van der Waals surface area contributed by atoms with E-state index in [0.29, 0.717) is 10.3 Å². The molecule has 1 heterocycles. The van der Waals surface area contributed by atoms with Crippen LogP contribution in [0.25, 0.3) is 0 Å². The van der Waals surface area contributed by atoms with E-state index in [1.165, 1.54) is 5.69 Å². The number of H-pyrrole nitrogens is 1. The smallest absolute Gasteiger partial charge is 0.266 e. The summed E-state index contributed by atoms with van der Waals surface area (Å²) in [6.07, 6.45) is 2.18. The highest BCUT2D eigenvalue weighted by Crippen LogP contribution is 2.45. The fraction of sp³-hybridized carbons (Fsp3) is 0.727. The molecule has 0 spiro atoms. The summed E-state index contributed by atoms with van der Waals surface area (Å²) in [4.78, 5) is 3.67. The summed E-state index contributed by atoms with van der Waals surface area (Å²) in [6.45, 7) is 9.03. The summed E-state index contributed by atoms with van der Waals surface area (Å²) in [6, 6.07) is 0. The molecule has 1 aliphatic rings. The van der Waals surface area contributed by atoms with Crippen LogP contribution in [0.3, 0.4) is 0 Å². The lowest BCUT2D eigenvalue weighted by atomic mass is 9.66. The van der Waals surface area contributed by atoms with Crippen LogP contribution in [0.5, 0.6) is 0 Å². The standard InChI is InChI=1S/C11H17NOS/c1-10(2)5-7-8(11(3,4)6-10)13-9(14)12-7/h5-6H2,1-4H3,(H,12,14). The molecule has 0 radical (unpaired) electrons. The Kier molecular flexibility index (Phi) is 1.94. The molecule has 0 unspecified atom stereocenters. The van der Waals surface area contributed by atoms with Gasteiger partial charge in [-0.25, -0.2) is 0 Å². The molecule has 78 valence electrons. The van der Waals surface area contributed by atoms with Crippen LogP contribution in [0, 0.1) is 10.3 Å². The highest BCUT2D eigenvalue weighted by atomic mass is 32.1. The summed E-state index contributed by atoms with van der Waals surface area (Å²) in [5.74, 6) is 1.06. The molecule has 3 heteroatoms. The Morgan fingerprint density at radius 2 is 1.93 bits per heavy atom. The summed E-state index contributed by atoms with van der Waals surface area (Å²) in [7, 11) is 0. The first-order valence-electron chi connectivity index (χ1n) is 5.03. The molecule has 1 N–H and O–H groups in total. The van der Waals surface area contributed by atoms with Crippen molar-refractivity contribution in [2.24, 2.45) is 5.41 Å². The number of hydrogen-bond acceptors (Lipinski definition) is 2. The van der Waals surface area contributed by atoms with E-state index in [1.54, 1.807) is 0 Å². The van der Waals surface area contributed by atoms with Gasteiger partial charge >= 0.3 is 0 Å². The first kappa shape index (κ1) is 9.97. The average molecular weight is 211 g/mol. The van der Waals surface area contributed by atoms with Crippen molar-refractivity contribution in [3.05, 3.63) is 16.3 Å². The van der Waals surface area contributed by atoms with Gasteiger partial charge in [-0.05, 0) is 30.5 Å². The molecule has 1 aromatic rings. The molecule has 1 aromatic heterocycles. The van der Waals surface area contributed by atoms with E-state index >= 15 is 0 Å². The Hall–Kier alpha value is -0.570. The van der Waals surface area contributed by atoms with Crippen molar-refractivity contribution in [2.45, 2.75) is 46.0 Å². The summed E-state index contributed by atoms with van der Waals surface area (Å²) in [5.41, 5.74) is 1.62. The lowest BCUT2D eigenvalue weighted by Gasteiger charge is -2.38. The van der Waals surface area contributed by atoms with E-state index in [-0.39, 0.29) is 5.41 Å². The van der Waals surface area contributed by atoms with Gasteiger partial charge in [0.2, 0.25) is 0 Å². The van der Waals surface area contributed by atoms with E-state index < -0.39 is 0 Å². The van der Waals surface area contributed by atoms with Gasteiger partial charge in [0, 0.05) is 5.41 Å². The van der Waals surface area contributed by atoms with Gasteiger partial charge in [0.15, 0.2) is 0 Å². The van der Waals surface area contributed by atoms with Gasteiger partial charge in [0.05, 0.1) is 5.69 Å². The van der Waals surface area contributed by atoms with Gasteiger partial charge < -0.3 is 9.40 Å². The summed E-state index contributed by atoms with van der Waals surface area (Å²) >= 11 is 5.04. The van der Waals surface area contributed by atoms with E-state index in [1.807, 2.05) is 0 Å². The molecular formula is C11H17NOS. The van der Waals surface area contributed by atoms with Gasteiger partial charge in [-0.15, -0.1) is 0 Å². The van der Waals surface area contributed by atoms with Gasteiger partial charge in [0.1, 0.15) is 5.76 Å². The normalized spacial score (nSPS) is 23.1. The van der Waals surface area contributed by atoms with Crippen LogP contribution in [0.15, 0.2) is 4.42 Å². The molecule has 1 aliphatic carbocycles. The Balaban J connectivity index is 2.57. The Bertz CT molecular complexity index is 411. The molecule has 0 aliphatic heterocycles. The van der Waals surface area contributed by atoms with Crippen molar-refractivity contribution < 1.29 is 4.42 Å². The number of aromatic amines is 1. The van der Waals surface area contributed by atoms with Crippen LogP contribution < -0.4 is 0 Å². The number of aromatic nitrogens is 1. The predicted octanol–water partition coefficient (Wildman–Crippen LogP) is 3.59. The summed E-state index contributed by atoms with van der Waals surface area (Å²) < 4.78 is 5.57. The minimum atomic E-state index is 0.102. The SMILES string of the molecule is CC1(C)Cc2[nH]c(=S)oc2C(C)(C)C1. The van der Waals surface area contributed by atoms with Crippen molar-refractivity contribution in [2.75, 3.05) is 0 Å². The molecule has 0 bridgehead atoms. The van der Waals surface area contributed by atoms with Crippen LogP contribution in [0.2, 0.25) is 0 Å². The molecule has 0 aromatic carbocycles. The number of oxazole rings is 1. The van der Waals surface area contributed by atoms with Crippen LogP contribution in [0.1, 0.15) is 45.6 Å². The second-order valence-electron chi connectivity index (χ2n) is 5.72. The molecule has 2 rings (SSSR count). The first-order valence-corrected chi connectivity index (χ1v) is 5.43. The lowest BCUT2D eigenvalue weighted by molar-refractivity contribution is 0.201. The minimum absolute atomic E-state index is 0.102. The zero-order valence-electron chi connectivity index (χ0n) is 9.23. The van der Waals surface area contributed by atoms with Gasteiger partial charge in [0.25, 0.3) is 4.84 Å². The van der Waals surface area contributed by atoms with Crippen molar-refractivity contribution in [1.29, 1.82) is 0 Å². The molecule has 0 amide bonds. The quantitative estimate of drug-likeness (QED) is 0.664. The Morgan fingerprint density at radius 3 is 2.57 bits per heavy atom. The third-order valence-electron chi connectivity index (χ3n) is 2.91.